The lowest BCUT2D eigenvalue weighted by Gasteiger charge is -2.09. The number of nitrogen functional groups attached to an aromatic ring is 1. The lowest BCUT2D eigenvalue weighted by molar-refractivity contribution is -0.136. The number of alkyl halides is 3. The van der Waals surface area contributed by atoms with Gasteiger partial charge in [0.25, 0.3) is 0 Å². The Morgan fingerprint density at radius 3 is 2.75 bits per heavy atom. The van der Waals surface area contributed by atoms with Crippen LogP contribution in [0.1, 0.15) is 12.8 Å². The van der Waals surface area contributed by atoms with E-state index in [2.05, 4.69) is 31.5 Å². The van der Waals surface area contributed by atoms with Crippen molar-refractivity contribution in [3.05, 3.63) is 22.7 Å². The van der Waals surface area contributed by atoms with Gasteiger partial charge in [0, 0.05) is 24.2 Å². The highest BCUT2D eigenvalue weighted by molar-refractivity contribution is 9.10. The molecule has 20 heavy (non-hydrogen) atoms. The van der Waals surface area contributed by atoms with Crippen LogP contribution in [0.25, 0.3) is 11.4 Å². The van der Waals surface area contributed by atoms with E-state index in [0.29, 0.717) is 21.5 Å². The average molecular weight is 350 g/mol. The minimum atomic E-state index is -4.17. The molecule has 0 unspecified atom stereocenters. The van der Waals surface area contributed by atoms with Gasteiger partial charge in [0.1, 0.15) is 0 Å². The van der Waals surface area contributed by atoms with Crippen molar-refractivity contribution in [1.29, 1.82) is 0 Å². The van der Waals surface area contributed by atoms with Crippen molar-refractivity contribution in [2.75, 3.05) is 5.73 Å². The quantitative estimate of drug-likeness (QED) is 0.861. The summed E-state index contributed by atoms with van der Waals surface area (Å²) < 4.78 is 38.4. The van der Waals surface area contributed by atoms with E-state index in [1.807, 2.05) is 0 Å². The monoisotopic (exact) mass is 349 g/mol. The summed E-state index contributed by atoms with van der Waals surface area (Å²) in [5.41, 5.74) is 6.91. The van der Waals surface area contributed by atoms with E-state index in [1.165, 1.54) is 4.68 Å². The Kier molecular flexibility index (Phi) is 4.26. The highest BCUT2D eigenvalue weighted by Gasteiger charge is 2.26. The van der Waals surface area contributed by atoms with Crippen LogP contribution in [0.2, 0.25) is 0 Å². The van der Waals surface area contributed by atoms with E-state index in [0.717, 1.165) is 0 Å². The molecule has 1 aromatic carbocycles. The molecule has 0 aliphatic rings. The topological polar surface area (TPSA) is 69.6 Å². The Bertz CT molecular complexity index is 596. The van der Waals surface area contributed by atoms with Crippen LogP contribution in [-0.2, 0) is 6.54 Å². The summed E-state index contributed by atoms with van der Waals surface area (Å²) in [7, 11) is 0. The number of tetrazole rings is 1. The second-order valence-electron chi connectivity index (χ2n) is 4.15. The van der Waals surface area contributed by atoms with Crippen molar-refractivity contribution < 1.29 is 13.2 Å². The fourth-order valence-corrected chi connectivity index (χ4v) is 2.14. The molecule has 5 nitrogen and oxygen atoms in total. The van der Waals surface area contributed by atoms with Gasteiger partial charge in [0.2, 0.25) is 0 Å². The van der Waals surface area contributed by atoms with E-state index in [4.69, 9.17) is 5.73 Å². The summed E-state index contributed by atoms with van der Waals surface area (Å²) in [5.74, 6) is 0.381. The van der Waals surface area contributed by atoms with Gasteiger partial charge < -0.3 is 5.73 Å². The highest BCUT2D eigenvalue weighted by Crippen LogP contribution is 2.31. The van der Waals surface area contributed by atoms with E-state index in [-0.39, 0.29) is 13.0 Å². The smallest absolute Gasteiger partial charge is 0.389 e. The van der Waals surface area contributed by atoms with Crippen molar-refractivity contribution in [2.24, 2.45) is 0 Å². The fourth-order valence-electron chi connectivity index (χ4n) is 1.70. The van der Waals surface area contributed by atoms with Gasteiger partial charge >= 0.3 is 6.18 Å². The van der Waals surface area contributed by atoms with Crippen LogP contribution < -0.4 is 5.73 Å². The van der Waals surface area contributed by atoms with Gasteiger partial charge in [-0.2, -0.15) is 13.2 Å². The molecular weight excluding hydrogens is 339 g/mol. The number of hydrogen-bond donors (Lipinski definition) is 1. The van der Waals surface area contributed by atoms with Crippen molar-refractivity contribution in [3.63, 3.8) is 0 Å². The Labute approximate surface area is 121 Å². The number of nitrogens with two attached hydrogens (primary N) is 1. The van der Waals surface area contributed by atoms with Crippen LogP contribution in [0.3, 0.4) is 0 Å². The lowest BCUT2D eigenvalue weighted by atomic mass is 10.2. The molecule has 0 amide bonds. The number of rotatable bonds is 4. The van der Waals surface area contributed by atoms with Crippen molar-refractivity contribution in [1.82, 2.24) is 20.2 Å². The highest BCUT2D eigenvalue weighted by atomic mass is 79.9. The van der Waals surface area contributed by atoms with Gasteiger partial charge in [0.15, 0.2) is 5.82 Å². The third-order valence-corrected chi connectivity index (χ3v) is 3.52. The number of aryl methyl sites for hydroxylation is 1. The fraction of sp³-hybridized carbons (Fsp3) is 0.364. The standard InChI is InChI=1S/C11H11BrF3N5/c12-9-7(3-1-4-8(9)16)10-17-18-19-20(10)6-2-5-11(13,14)15/h1,3-4H,2,5-6,16H2. The Morgan fingerprint density at radius 1 is 1.30 bits per heavy atom. The van der Waals surface area contributed by atoms with Gasteiger partial charge in [0.05, 0.1) is 4.47 Å². The molecule has 0 saturated heterocycles. The predicted molar refractivity (Wildman–Crippen MR) is 70.7 cm³/mol. The Morgan fingerprint density at radius 2 is 2.05 bits per heavy atom. The summed E-state index contributed by atoms with van der Waals surface area (Å²) in [6, 6.07) is 5.17. The summed E-state index contributed by atoms with van der Waals surface area (Å²) >= 11 is 3.32. The maximum Gasteiger partial charge on any atom is 0.389 e. The number of hydrogen-bond acceptors (Lipinski definition) is 4. The second kappa shape index (κ2) is 5.78. The van der Waals surface area contributed by atoms with Crippen LogP contribution in [-0.4, -0.2) is 26.4 Å². The zero-order valence-electron chi connectivity index (χ0n) is 10.2. The van der Waals surface area contributed by atoms with Crippen LogP contribution in [0, 0.1) is 0 Å². The van der Waals surface area contributed by atoms with E-state index in [1.54, 1.807) is 18.2 Å². The summed E-state index contributed by atoms with van der Waals surface area (Å²) in [6.07, 6.45) is -5.13. The molecule has 0 aliphatic heterocycles. The zero-order valence-corrected chi connectivity index (χ0v) is 11.8. The molecule has 0 saturated carbocycles. The zero-order chi connectivity index (χ0) is 14.8. The number of nitrogens with zero attached hydrogens (tertiary/aromatic N) is 4. The van der Waals surface area contributed by atoms with Crippen LogP contribution in [0.4, 0.5) is 18.9 Å². The van der Waals surface area contributed by atoms with Gasteiger partial charge in [-0.25, -0.2) is 4.68 Å². The van der Waals surface area contributed by atoms with Crippen molar-refractivity contribution in [3.8, 4) is 11.4 Å². The van der Waals surface area contributed by atoms with Crippen LogP contribution in [0.5, 0.6) is 0 Å². The molecule has 0 fully saturated rings. The SMILES string of the molecule is Nc1cccc(-c2nnnn2CCCC(F)(F)F)c1Br. The maximum absolute atomic E-state index is 12.1. The molecular formula is C11H11BrF3N5. The Balaban J connectivity index is 2.18. The first-order chi connectivity index (χ1) is 9.38. The molecule has 2 aromatic rings. The van der Waals surface area contributed by atoms with E-state index >= 15 is 0 Å². The molecule has 1 heterocycles. The molecule has 0 spiro atoms. The Hall–Kier alpha value is -1.64. The number of halogens is 4. The molecule has 0 radical (unpaired) electrons. The largest absolute Gasteiger partial charge is 0.398 e. The summed E-state index contributed by atoms with van der Waals surface area (Å²) in [5, 5.41) is 11.1. The molecule has 108 valence electrons. The summed E-state index contributed by atoms with van der Waals surface area (Å²) in [4.78, 5) is 0. The first-order valence-corrected chi connectivity index (χ1v) is 6.55. The molecule has 2 N–H and O–H groups in total. The van der Waals surface area contributed by atoms with Gasteiger partial charge in [-0.15, -0.1) is 5.10 Å². The van der Waals surface area contributed by atoms with Gasteiger partial charge in [-0.1, -0.05) is 6.07 Å². The van der Waals surface area contributed by atoms with Crippen LogP contribution in [0.15, 0.2) is 22.7 Å². The molecule has 2 rings (SSSR count). The van der Waals surface area contributed by atoms with E-state index < -0.39 is 12.6 Å². The van der Waals surface area contributed by atoms with Crippen molar-refractivity contribution in [2.45, 2.75) is 25.6 Å². The summed E-state index contributed by atoms with van der Waals surface area (Å²) in [6.45, 7) is 0.0864. The van der Waals surface area contributed by atoms with Crippen molar-refractivity contribution >= 4 is 21.6 Å². The normalized spacial score (nSPS) is 11.8. The molecule has 9 heteroatoms. The third-order valence-electron chi connectivity index (χ3n) is 2.63. The minimum Gasteiger partial charge on any atom is -0.398 e. The number of benzene rings is 1. The second-order valence-corrected chi connectivity index (χ2v) is 4.95. The number of aromatic nitrogens is 4. The third kappa shape index (κ3) is 3.47. The first kappa shape index (κ1) is 14.8. The van der Waals surface area contributed by atoms with Gasteiger partial charge in [-0.3, -0.25) is 0 Å². The molecule has 1 aromatic heterocycles. The maximum atomic E-state index is 12.1. The molecule has 0 atom stereocenters. The van der Waals surface area contributed by atoms with Gasteiger partial charge in [-0.05, 0) is 44.9 Å². The minimum absolute atomic E-state index is 0.0819. The molecule has 0 bridgehead atoms. The number of anilines is 1. The van der Waals surface area contributed by atoms with Crippen LogP contribution >= 0.6 is 15.9 Å². The lowest BCUT2D eigenvalue weighted by Crippen LogP contribution is -2.10. The average Bonchev–Trinajstić information content (AvgIpc) is 2.79. The molecule has 0 aliphatic carbocycles. The van der Waals surface area contributed by atoms with E-state index in [9.17, 15) is 13.2 Å². The predicted octanol–water partition coefficient (Wildman–Crippen LogP) is 3.03. The first-order valence-electron chi connectivity index (χ1n) is 5.76.